The van der Waals surface area contributed by atoms with Crippen LogP contribution >= 0.6 is 0 Å². The number of para-hydroxylation sites is 1. The van der Waals surface area contributed by atoms with Crippen molar-refractivity contribution in [2.45, 2.75) is 65.5 Å². The number of unbranched alkanes of at least 4 members (excludes halogenated alkanes) is 2. The van der Waals surface area contributed by atoms with Crippen molar-refractivity contribution >= 4 is 28.8 Å². The summed E-state index contributed by atoms with van der Waals surface area (Å²) in [5.41, 5.74) is 2.36. The van der Waals surface area contributed by atoms with Crippen LogP contribution in [0.5, 0.6) is 11.5 Å². The molecule has 2 aromatic carbocycles. The average molecular weight is 523 g/mol. The van der Waals surface area contributed by atoms with Gasteiger partial charge in [0.05, 0.1) is 24.8 Å². The zero-order valence-corrected chi connectivity index (χ0v) is 23.0. The molecule has 3 aromatic rings. The molecule has 0 saturated carbocycles. The van der Waals surface area contributed by atoms with Crippen LogP contribution in [0.3, 0.4) is 0 Å². The van der Waals surface area contributed by atoms with Gasteiger partial charge >= 0.3 is 12.1 Å². The van der Waals surface area contributed by atoms with Crippen molar-refractivity contribution in [3.05, 3.63) is 48.3 Å². The number of amides is 2. The van der Waals surface area contributed by atoms with E-state index in [1.54, 1.807) is 12.0 Å². The Morgan fingerprint density at radius 3 is 2.63 bits per heavy atom. The van der Waals surface area contributed by atoms with Gasteiger partial charge in [-0.3, -0.25) is 4.90 Å². The van der Waals surface area contributed by atoms with E-state index in [4.69, 9.17) is 14.2 Å². The fourth-order valence-corrected chi connectivity index (χ4v) is 4.54. The first-order valence-corrected chi connectivity index (χ1v) is 13.3. The quantitative estimate of drug-likeness (QED) is 0.310. The molecule has 4 rings (SSSR count). The van der Waals surface area contributed by atoms with Crippen LogP contribution < -0.4 is 14.4 Å². The minimum atomic E-state index is -0.614. The number of aromatic nitrogens is 2. The number of carbonyl (C=O) groups is 2. The number of fused-ring (bicyclic) bond motifs is 1. The Labute approximate surface area is 224 Å². The van der Waals surface area contributed by atoms with Crippen molar-refractivity contribution in [3.63, 3.8) is 0 Å². The van der Waals surface area contributed by atoms with Gasteiger partial charge in [0.15, 0.2) is 11.5 Å². The number of carbonyl (C=O) groups excluding carboxylic acids is 2. The maximum Gasteiger partial charge on any atom is 0.420 e. The number of hydrogen-bond acceptors (Lipinski definition) is 6. The number of rotatable bonds is 9. The molecule has 0 unspecified atom stereocenters. The highest BCUT2D eigenvalue weighted by molar-refractivity contribution is 5.94. The van der Waals surface area contributed by atoms with Gasteiger partial charge in [0.2, 0.25) is 0 Å². The molecule has 204 valence electrons. The van der Waals surface area contributed by atoms with Gasteiger partial charge in [-0.15, -0.1) is 0 Å². The standard InChI is InChI=1S/C29H38N4O5/c1-6-7-8-17-37-25-18-22(13-14-24(25)36-5)32-16-10-15-31(27(32)34)19-21-11-9-12-23-26(21)30-20-33(23)28(35)38-29(2,3)4/h9,11-14,18,20H,6-8,10,15-17,19H2,1-5H3. The number of benzene rings is 2. The van der Waals surface area contributed by atoms with Gasteiger partial charge < -0.3 is 19.1 Å². The minimum absolute atomic E-state index is 0.0815. The molecule has 0 aliphatic carbocycles. The van der Waals surface area contributed by atoms with Crippen LogP contribution in [0.4, 0.5) is 15.3 Å². The van der Waals surface area contributed by atoms with E-state index >= 15 is 0 Å². The van der Waals surface area contributed by atoms with Gasteiger partial charge in [-0.25, -0.2) is 19.1 Å². The monoisotopic (exact) mass is 522 g/mol. The lowest BCUT2D eigenvalue weighted by Crippen LogP contribution is -2.49. The van der Waals surface area contributed by atoms with Crippen LogP contribution in [0.15, 0.2) is 42.7 Å². The van der Waals surface area contributed by atoms with Crippen LogP contribution in [-0.2, 0) is 11.3 Å². The smallest absolute Gasteiger partial charge is 0.420 e. The summed E-state index contributed by atoms with van der Waals surface area (Å²) in [5, 5.41) is 0. The largest absolute Gasteiger partial charge is 0.493 e. The Balaban J connectivity index is 1.52. The molecule has 2 heterocycles. The van der Waals surface area contributed by atoms with Crippen molar-refractivity contribution in [1.82, 2.24) is 14.5 Å². The maximum atomic E-state index is 13.6. The fraction of sp³-hybridized carbons (Fsp3) is 0.483. The Morgan fingerprint density at radius 1 is 1.08 bits per heavy atom. The van der Waals surface area contributed by atoms with Crippen LogP contribution in [0, 0.1) is 0 Å². The second-order valence-electron chi connectivity index (χ2n) is 10.5. The molecule has 1 aliphatic heterocycles. The highest BCUT2D eigenvalue weighted by Gasteiger charge is 2.28. The van der Waals surface area contributed by atoms with Crippen molar-refractivity contribution < 1.29 is 23.8 Å². The fourth-order valence-electron chi connectivity index (χ4n) is 4.54. The summed E-state index contributed by atoms with van der Waals surface area (Å²) < 4.78 is 18.4. The van der Waals surface area contributed by atoms with E-state index in [0.29, 0.717) is 48.8 Å². The molecule has 0 atom stereocenters. The lowest BCUT2D eigenvalue weighted by atomic mass is 10.1. The molecule has 1 aromatic heterocycles. The van der Waals surface area contributed by atoms with E-state index < -0.39 is 11.7 Å². The number of anilines is 1. The second-order valence-corrected chi connectivity index (χ2v) is 10.5. The predicted octanol–water partition coefficient (Wildman–Crippen LogP) is 6.23. The third-order valence-electron chi connectivity index (χ3n) is 6.39. The first kappa shape index (κ1) is 27.3. The molecule has 0 radical (unpaired) electrons. The Bertz CT molecular complexity index is 1280. The summed E-state index contributed by atoms with van der Waals surface area (Å²) in [6.45, 7) is 9.88. The highest BCUT2D eigenvalue weighted by atomic mass is 16.6. The van der Waals surface area contributed by atoms with E-state index in [1.807, 2.05) is 62.1 Å². The summed E-state index contributed by atoms with van der Waals surface area (Å²) in [7, 11) is 1.62. The topological polar surface area (TPSA) is 86.1 Å². The van der Waals surface area contributed by atoms with Crippen LogP contribution in [-0.4, -0.2) is 59.0 Å². The van der Waals surface area contributed by atoms with Gasteiger partial charge in [0, 0.05) is 31.4 Å². The molecule has 0 spiro atoms. The molecule has 2 amide bonds. The van der Waals surface area contributed by atoms with Crippen molar-refractivity contribution in [2.75, 3.05) is 31.7 Å². The zero-order valence-electron chi connectivity index (χ0n) is 23.0. The van der Waals surface area contributed by atoms with Crippen LogP contribution in [0.2, 0.25) is 0 Å². The second kappa shape index (κ2) is 11.8. The molecule has 9 heteroatoms. The Kier molecular flexibility index (Phi) is 8.44. The summed E-state index contributed by atoms with van der Waals surface area (Å²) in [5.74, 6) is 1.29. The van der Waals surface area contributed by atoms with E-state index in [0.717, 1.165) is 36.9 Å². The third kappa shape index (κ3) is 6.20. The molecule has 0 N–H and O–H groups in total. The van der Waals surface area contributed by atoms with Gasteiger partial charge in [-0.2, -0.15) is 0 Å². The number of hydrogen-bond donors (Lipinski definition) is 0. The third-order valence-corrected chi connectivity index (χ3v) is 6.39. The molecule has 1 fully saturated rings. The Morgan fingerprint density at radius 2 is 1.89 bits per heavy atom. The zero-order chi connectivity index (χ0) is 27.3. The lowest BCUT2D eigenvalue weighted by Gasteiger charge is -2.36. The number of ether oxygens (including phenoxy) is 3. The van der Waals surface area contributed by atoms with E-state index in [2.05, 4.69) is 11.9 Å². The molecule has 0 bridgehead atoms. The number of urea groups is 1. The minimum Gasteiger partial charge on any atom is -0.493 e. The van der Waals surface area contributed by atoms with Crippen LogP contribution in [0.25, 0.3) is 11.0 Å². The normalized spacial score (nSPS) is 14.2. The first-order valence-electron chi connectivity index (χ1n) is 13.3. The molecule has 1 aliphatic rings. The average Bonchev–Trinajstić information content (AvgIpc) is 3.32. The lowest BCUT2D eigenvalue weighted by molar-refractivity contribution is 0.0543. The van der Waals surface area contributed by atoms with E-state index in [1.165, 1.54) is 10.9 Å². The number of nitrogens with zero attached hydrogens (tertiary/aromatic N) is 4. The van der Waals surface area contributed by atoms with E-state index in [9.17, 15) is 9.59 Å². The van der Waals surface area contributed by atoms with Crippen LogP contribution in [0.1, 0.15) is 58.9 Å². The van der Waals surface area contributed by atoms with Crippen molar-refractivity contribution in [1.29, 1.82) is 0 Å². The summed E-state index contributed by atoms with van der Waals surface area (Å²) in [4.78, 5) is 34.3. The molecular formula is C29H38N4O5. The van der Waals surface area contributed by atoms with Gasteiger partial charge in [-0.1, -0.05) is 31.9 Å². The SMILES string of the molecule is CCCCCOc1cc(N2CCCN(Cc3cccc4c3ncn4C(=O)OC(C)(C)C)C2=O)ccc1OC. The summed E-state index contributed by atoms with van der Waals surface area (Å²) in [6.07, 6.45) is 5.01. The summed E-state index contributed by atoms with van der Waals surface area (Å²) in [6, 6.07) is 11.2. The van der Waals surface area contributed by atoms with Crippen molar-refractivity contribution in [2.24, 2.45) is 0 Å². The molecule has 38 heavy (non-hydrogen) atoms. The van der Waals surface area contributed by atoms with Gasteiger partial charge in [-0.05, 0) is 57.4 Å². The summed E-state index contributed by atoms with van der Waals surface area (Å²) >= 11 is 0. The predicted molar refractivity (Wildman–Crippen MR) is 147 cm³/mol. The van der Waals surface area contributed by atoms with Crippen molar-refractivity contribution in [3.8, 4) is 11.5 Å². The van der Waals surface area contributed by atoms with Gasteiger partial charge in [0.1, 0.15) is 11.9 Å². The maximum absolute atomic E-state index is 13.6. The first-order chi connectivity index (χ1) is 18.2. The number of imidazole rings is 1. The van der Waals surface area contributed by atoms with Gasteiger partial charge in [0.25, 0.3) is 0 Å². The number of methoxy groups -OCH3 is 1. The molecular weight excluding hydrogens is 484 g/mol. The molecule has 9 nitrogen and oxygen atoms in total. The van der Waals surface area contributed by atoms with E-state index in [-0.39, 0.29) is 6.03 Å². The Hall–Kier alpha value is -3.75. The molecule has 1 saturated heterocycles. The highest BCUT2D eigenvalue weighted by Crippen LogP contribution is 2.33.